The minimum atomic E-state index is 0.00909. The van der Waals surface area contributed by atoms with Crippen LogP contribution >= 0.6 is 11.3 Å². The van der Waals surface area contributed by atoms with Crippen LogP contribution in [0.5, 0.6) is 0 Å². The Morgan fingerprint density at radius 2 is 1.65 bits per heavy atom. The molecule has 1 aromatic heterocycles. The van der Waals surface area contributed by atoms with Gasteiger partial charge in [0.05, 0.1) is 0 Å². The van der Waals surface area contributed by atoms with Crippen molar-refractivity contribution in [3.8, 4) is 0 Å². The number of nitrogens with zero attached hydrogens (tertiary/aromatic N) is 1. The van der Waals surface area contributed by atoms with Crippen molar-refractivity contribution in [3.05, 3.63) is 60.2 Å². The van der Waals surface area contributed by atoms with Gasteiger partial charge in [0.2, 0.25) is 0 Å². The number of hydrogen-bond acceptors (Lipinski definition) is 3. The molecule has 0 saturated heterocycles. The summed E-state index contributed by atoms with van der Waals surface area (Å²) in [4.78, 5) is 14.8. The van der Waals surface area contributed by atoms with Crippen molar-refractivity contribution >= 4 is 48.2 Å². The van der Waals surface area contributed by atoms with Gasteiger partial charge in [0.15, 0.2) is 0 Å². The first-order valence-electron chi connectivity index (χ1n) is 8.91. The summed E-state index contributed by atoms with van der Waals surface area (Å²) in [6.45, 7) is 1.66. The molecule has 0 saturated carbocycles. The fraction of sp³-hybridized carbons (Fsp3) is 0.227. The van der Waals surface area contributed by atoms with Crippen LogP contribution in [0, 0.1) is 0 Å². The van der Waals surface area contributed by atoms with Crippen molar-refractivity contribution in [2.75, 3.05) is 27.2 Å². The summed E-state index contributed by atoms with van der Waals surface area (Å²) in [5.41, 5.74) is 0.756. The lowest BCUT2D eigenvalue weighted by Gasteiger charge is -2.11. The Morgan fingerprint density at radius 1 is 0.923 bits per heavy atom. The number of hydrogen-bond donors (Lipinski definition) is 1. The lowest BCUT2D eigenvalue weighted by atomic mass is 10.0. The molecule has 26 heavy (non-hydrogen) atoms. The van der Waals surface area contributed by atoms with E-state index in [4.69, 9.17) is 0 Å². The molecule has 0 spiro atoms. The highest BCUT2D eigenvalue weighted by Gasteiger charge is 2.13. The number of carbonyl (C=O) groups excluding carboxylic acids is 1. The predicted octanol–water partition coefficient (Wildman–Crippen LogP) is 4.89. The number of amides is 1. The van der Waals surface area contributed by atoms with Crippen LogP contribution in [0.25, 0.3) is 30.9 Å². The van der Waals surface area contributed by atoms with Crippen molar-refractivity contribution < 1.29 is 4.79 Å². The Morgan fingerprint density at radius 3 is 2.50 bits per heavy atom. The molecule has 1 amide bonds. The maximum Gasteiger partial charge on any atom is 0.251 e. The first-order chi connectivity index (χ1) is 12.6. The molecule has 0 bridgehead atoms. The summed E-state index contributed by atoms with van der Waals surface area (Å²) in [5, 5.41) is 7.79. The van der Waals surface area contributed by atoms with Gasteiger partial charge in [0.1, 0.15) is 0 Å². The third-order valence-electron chi connectivity index (χ3n) is 4.71. The number of rotatable bonds is 5. The Labute approximate surface area is 157 Å². The van der Waals surface area contributed by atoms with Gasteiger partial charge in [0, 0.05) is 37.7 Å². The summed E-state index contributed by atoms with van der Waals surface area (Å²) in [5.74, 6) is 0.00909. The molecule has 1 N–H and O–H groups in total. The van der Waals surface area contributed by atoms with Gasteiger partial charge in [-0.25, -0.2) is 0 Å². The first kappa shape index (κ1) is 17.0. The molecule has 4 aromatic rings. The lowest BCUT2D eigenvalue weighted by Crippen LogP contribution is -2.27. The molecule has 1 heterocycles. The van der Waals surface area contributed by atoms with Gasteiger partial charge >= 0.3 is 0 Å². The highest BCUT2D eigenvalue weighted by Crippen LogP contribution is 2.38. The van der Waals surface area contributed by atoms with Gasteiger partial charge in [-0.05, 0) is 44.6 Å². The number of fused-ring (bicyclic) bond motifs is 5. The summed E-state index contributed by atoms with van der Waals surface area (Å²) in [6, 6.07) is 18.8. The number of thiophene rings is 1. The second-order valence-corrected chi connectivity index (χ2v) is 7.91. The van der Waals surface area contributed by atoms with E-state index in [9.17, 15) is 4.79 Å². The molecule has 0 aliphatic heterocycles. The molecule has 132 valence electrons. The van der Waals surface area contributed by atoms with E-state index in [2.05, 4.69) is 52.7 Å². The van der Waals surface area contributed by atoms with E-state index in [0.717, 1.165) is 29.3 Å². The van der Waals surface area contributed by atoms with Gasteiger partial charge in [0.25, 0.3) is 5.91 Å². The second kappa shape index (κ2) is 7.06. The molecule has 3 aromatic carbocycles. The molecule has 0 unspecified atom stereocenters. The minimum absolute atomic E-state index is 0.00909. The SMILES string of the molecule is CN(C)CCCNC(=O)c1cccc2c1ccc1c3ccccc3sc21. The van der Waals surface area contributed by atoms with Crippen molar-refractivity contribution in [3.63, 3.8) is 0 Å². The van der Waals surface area contributed by atoms with Crippen LogP contribution < -0.4 is 5.32 Å². The maximum absolute atomic E-state index is 12.7. The summed E-state index contributed by atoms with van der Waals surface area (Å²) in [6.07, 6.45) is 0.948. The largest absolute Gasteiger partial charge is 0.352 e. The standard InChI is InChI=1S/C22H22N2OS/c1-24(2)14-6-13-23-22(25)19-9-5-8-17-15(19)11-12-18-16-7-3-4-10-20(16)26-21(17)18/h3-5,7-12H,6,13-14H2,1-2H3,(H,23,25). The molecular weight excluding hydrogens is 340 g/mol. The Bertz CT molecular complexity index is 1100. The van der Waals surface area contributed by atoms with E-state index >= 15 is 0 Å². The van der Waals surface area contributed by atoms with Gasteiger partial charge in [-0.1, -0.05) is 42.5 Å². The monoisotopic (exact) mass is 362 g/mol. The summed E-state index contributed by atoms with van der Waals surface area (Å²) < 4.78 is 2.54. The van der Waals surface area contributed by atoms with Gasteiger partial charge in [-0.3, -0.25) is 4.79 Å². The van der Waals surface area contributed by atoms with E-state index < -0.39 is 0 Å². The normalized spacial score (nSPS) is 11.7. The van der Waals surface area contributed by atoms with Crippen molar-refractivity contribution in [2.24, 2.45) is 0 Å². The molecule has 4 rings (SSSR count). The minimum Gasteiger partial charge on any atom is -0.352 e. The zero-order chi connectivity index (χ0) is 18.1. The summed E-state index contributed by atoms with van der Waals surface area (Å²) in [7, 11) is 4.09. The van der Waals surface area contributed by atoms with Crippen LogP contribution in [-0.4, -0.2) is 38.0 Å². The Kier molecular flexibility index (Phi) is 4.62. The van der Waals surface area contributed by atoms with Crippen LogP contribution in [0.3, 0.4) is 0 Å². The van der Waals surface area contributed by atoms with Gasteiger partial charge in [-0.15, -0.1) is 11.3 Å². The van der Waals surface area contributed by atoms with E-state index in [1.54, 1.807) is 11.3 Å². The Hall–Kier alpha value is -2.43. The smallest absolute Gasteiger partial charge is 0.251 e. The first-order valence-corrected chi connectivity index (χ1v) is 9.73. The zero-order valence-corrected chi connectivity index (χ0v) is 15.9. The molecular formula is C22H22N2OS. The fourth-order valence-electron chi connectivity index (χ4n) is 3.43. The quantitative estimate of drug-likeness (QED) is 0.513. The van der Waals surface area contributed by atoms with Crippen LogP contribution in [0.15, 0.2) is 54.6 Å². The van der Waals surface area contributed by atoms with Crippen LogP contribution in [-0.2, 0) is 0 Å². The third-order valence-corrected chi connectivity index (χ3v) is 5.93. The lowest BCUT2D eigenvalue weighted by molar-refractivity contribution is 0.0954. The molecule has 0 atom stereocenters. The molecule has 0 radical (unpaired) electrons. The van der Waals surface area contributed by atoms with Crippen molar-refractivity contribution in [1.82, 2.24) is 10.2 Å². The highest BCUT2D eigenvalue weighted by molar-refractivity contribution is 7.26. The molecule has 0 aliphatic rings. The molecule has 0 aliphatic carbocycles. The summed E-state index contributed by atoms with van der Waals surface area (Å²) >= 11 is 1.80. The van der Waals surface area contributed by atoms with E-state index in [1.165, 1.54) is 20.2 Å². The molecule has 0 fully saturated rings. The predicted molar refractivity (Wildman–Crippen MR) is 112 cm³/mol. The highest BCUT2D eigenvalue weighted by atomic mass is 32.1. The van der Waals surface area contributed by atoms with Crippen LogP contribution in [0.1, 0.15) is 16.8 Å². The molecule has 3 nitrogen and oxygen atoms in total. The second-order valence-electron chi connectivity index (χ2n) is 6.85. The Balaban J connectivity index is 1.72. The average molecular weight is 362 g/mol. The van der Waals surface area contributed by atoms with E-state index in [-0.39, 0.29) is 5.91 Å². The zero-order valence-electron chi connectivity index (χ0n) is 15.1. The van der Waals surface area contributed by atoms with E-state index in [0.29, 0.717) is 6.54 Å². The van der Waals surface area contributed by atoms with Gasteiger partial charge < -0.3 is 10.2 Å². The van der Waals surface area contributed by atoms with Crippen LogP contribution in [0.4, 0.5) is 0 Å². The van der Waals surface area contributed by atoms with Crippen molar-refractivity contribution in [1.29, 1.82) is 0 Å². The van der Waals surface area contributed by atoms with Gasteiger partial charge in [-0.2, -0.15) is 0 Å². The van der Waals surface area contributed by atoms with Crippen molar-refractivity contribution in [2.45, 2.75) is 6.42 Å². The van der Waals surface area contributed by atoms with Crippen LogP contribution in [0.2, 0.25) is 0 Å². The maximum atomic E-state index is 12.7. The third kappa shape index (κ3) is 3.06. The number of benzene rings is 3. The number of nitrogens with one attached hydrogen (secondary N) is 1. The topological polar surface area (TPSA) is 32.3 Å². The fourth-order valence-corrected chi connectivity index (χ4v) is 4.66. The van der Waals surface area contributed by atoms with E-state index in [1.807, 2.05) is 26.2 Å². The molecule has 4 heteroatoms. The average Bonchev–Trinajstić information content (AvgIpc) is 3.03. The number of carbonyl (C=O) groups is 1.